The number of hydrogen-bond donors (Lipinski definition) is 1. The van der Waals surface area contributed by atoms with Gasteiger partial charge >= 0.3 is 16.1 Å². The summed E-state index contributed by atoms with van der Waals surface area (Å²) in [4.78, 5) is 16.4. The molecule has 8 nitrogen and oxygen atoms in total. The van der Waals surface area contributed by atoms with Crippen molar-refractivity contribution < 1.29 is 22.1 Å². The molecule has 0 radical (unpaired) electrons. The van der Waals surface area contributed by atoms with Crippen LogP contribution in [-0.4, -0.2) is 64.5 Å². The SMILES string of the molecule is CCN(CC)c1ccc(CN(CCOC)C(=O)NC(C)(C)C)c(OS(C)(=O)=O)c1. The molecule has 0 aliphatic rings. The fourth-order valence-corrected chi connectivity index (χ4v) is 3.24. The van der Waals surface area contributed by atoms with E-state index >= 15 is 0 Å². The van der Waals surface area contributed by atoms with Crippen LogP contribution in [0.4, 0.5) is 10.5 Å². The second-order valence-corrected chi connectivity index (χ2v) is 9.42. The number of carbonyl (C=O) groups excluding carboxylic acids is 1. The van der Waals surface area contributed by atoms with Crippen LogP contribution in [-0.2, 0) is 21.4 Å². The fraction of sp³-hybridized carbons (Fsp3) is 0.650. The first kappa shape index (κ1) is 25.0. The van der Waals surface area contributed by atoms with Gasteiger partial charge in [0.1, 0.15) is 5.75 Å². The third-order valence-corrected chi connectivity index (χ3v) is 4.60. The standard InChI is InChI=1S/C20H35N3O5S/c1-8-22(9-2)17-11-10-16(18(14-17)28-29(7,25)26)15-23(12-13-27-6)19(24)21-20(3,4)5/h10-11,14H,8-9,12-13,15H2,1-7H3,(H,21,24). The molecule has 2 amide bonds. The van der Waals surface area contributed by atoms with E-state index in [0.717, 1.165) is 25.0 Å². The zero-order valence-electron chi connectivity index (χ0n) is 18.6. The Morgan fingerprint density at radius 2 is 1.79 bits per heavy atom. The summed E-state index contributed by atoms with van der Waals surface area (Å²) in [6.45, 7) is 12.2. The Hall–Kier alpha value is -2.00. The number of urea groups is 1. The molecule has 1 aromatic carbocycles. The Morgan fingerprint density at radius 1 is 1.17 bits per heavy atom. The summed E-state index contributed by atoms with van der Waals surface area (Å²) in [6.07, 6.45) is 1.01. The zero-order chi connectivity index (χ0) is 22.2. The predicted octanol–water partition coefficient (Wildman–Crippen LogP) is 2.83. The third-order valence-electron chi connectivity index (χ3n) is 4.12. The maximum atomic E-state index is 12.7. The van der Waals surface area contributed by atoms with E-state index in [1.807, 2.05) is 40.7 Å². The Morgan fingerprint density at radius 3 is 2.28 bits per heavy atom. The number of nitrogens with zero attached hydrogens (tertiary/aromatic N) is 2. The van der Waals surface area contributed by atoms with Crippen LogP contribution in [0.25, 0.3) is 0 Å². The molecule has 0 saturated carbocycles. The summed E-state index contributed by atoms with van der Waals surface area (Å²) in [5, 5.41) is 2.93. The Bertz CT molecular complexity index is 771. The average molecular weight is 430 g/mol. The zero-order valence-corrected chi connectivity index (χ0v) is 19.4. The molecular weight excluding hydrogens is 394 g/mol. The van der Waals surface area contributed by atoms with Gasteiger partial charge in [-0.05, 0) is 40.7 Å². The largest absolute Gasteiger partial charge is 0.383 e. The minimum absolute atomic E-state index is 0.189. The van der Waals surface area contributed by atoms with Crippen LogP contribution in [0, 0.1) is 0 Å². The molecule has 1 aromatic rings. The molecule has 9 heteroatoms. The second-order valence-electron chi connectivity index (χ2n) is 7.85. The lowest BCUT2D eigenvalue weighted by Gasteiger charge is -2.29. The van der Waals surface area contributed by atoms with Crippen molar-refractivity contribution in [3.63, 3.8) is 0 Å². The number of methoxy groups -OCH3 is 1. The summed E-state index contributed by atoms with van der Waals surface area (Å²) in [7, 11) is -2.15. The lowest BCUT2D eigenvalue weighted by atomic mass is 10.1. The minimum atomic E-state index is -3.72. The topological polar surface area (TPSA) is 88.2 Å². The van der Waals surface area contributed by atoms with Gasteiger partial charge in [0, 0.05) is 49.6 Å². The monoisotopic (exact) mass is 429 g/mol. The molecule has 0 spiro atoms. The van der Waals surface area contributed by atoms with E-state index in [-0.39, 0.29) is 18.3 Å². The van der Waals surface area contributed by atoms with Crippen molar-refractivity contribution >= 4 is 21.8 Å². The molecule has 0 saturated heterocycles. The molecule has 0 atom stereocenters. The van der Waals surface area contributed by atoms with E-state index in [2.05, 4.69) is 10.2 Å². The maximum Gasteiger partial charge on any atom is 0.318 e. The van der Waals surface area contributed by atoms with Gasteiger partial charge in [-0.1, -0.05) is 6.07 Å². The van der Waals surface area contributed by atoms with Crippen molar-refractivity contribution in [2.75, 3.05) is 44.5 Å². The number of hydrogen-bond acceptors (Lipinski definition) is 6. The van der Waals surface area contributed by atoms with Gasteiger partial charge in [0.05, 0.1) is 19.4 Å². The second kappa shape index (κ2) is 10.7. The lowest BCUT2D eigenvalue weighted by molar-refractivity contribution is 0.142. The van der Waals surface area contributed by atoms with Crippen molar-refractivity contribution in [1.29, 1.82) is 0 Å². The number of nitrogens with one attached hydrogen (secondary N) is 1. The van der Waals surface area contributed by atoms with Crippen molar-refractivity contribution in [1.82, 2.24) is 10.2 Å². The van der Waals surface area contributed by atoms with E-state index in [1.165, 1.54) is 0 Å². The number of benzene rings is 1. The molecule has 166 valence electrons. The van der Waals surface area contributed by atoms with Gasteiger partial charge < -0.3 is 24.0 Å². The van der Waals surface area contributed by atoms with Crippen LogP contribution in [0.3, 0.4) is 0 Å². The van der Waals surface area contributed by atoms with Gasteiger partial charge in [-0.2, -0.15) is 8.42 Å². The Kier molecular flexibility index (Phi) is 9.22. The van der Waals surface area contributed by atoms with E-state index in [0.29, 0.717) is 18.7 Å². The van der Waals surface area contributed by atoms with Gasteiger partial charge in [0.25, 0.3) is 0 Å². The highest BCUT2D eigenvalue weighted by molar-refractivity contribution is 7.86. The number of amides is 2. The quantitative estimate of drug-likeness (QED) is 0.576. The third kappa shape index (κ3) is 8.91. The number of anilines is 1. The molecule has 29 heavy (non-hydrogen) atoms. The lowest BCUT2D eigenvalue weighted by Crippen LogP contribution is -2.49. The first-order chi connectivity index (χ1) is 13.4. The first-order valence-corrected chi connectivity index (χ1v) is 11.5. The maximum absolute atomic E-state index is 12.7. The van der Waals surface area contributed by atoms with Gasteiger partial charge in [0.2, 0.25) is 0 Å². The smallest absolute Gasteiger partial charge is 0.318 e. The van der Waals surface area contributed by atoms with Crippen molar-refractivity contribution in [3.8, 4) is 5.75 Å². The van der Waals surface area contributed by atoms with Crippen LogP contribution in [0.5, 0.6) is 5.75 Å². The summed E-state index contributed by atoms with van der Waals surface area (Å²) >= 11 is 0. The summed E-state index contributed by atoms with van der Waals surface area (Å²) in [6, 6.07) is 5.17. The van der Waals surface area contributed by atoms with Crippen LogP contribution in [0.15, 0.2) is 18.2 Å². The molecule has 0 fully saturated rings. The van der Waals surface area contributed by atoms with Crippen molar-refractivity contribution in [3.05, 3.63) is 23.8 Å². The van der Waals surface area contributed by atoms with E-state index in [9.17, 15) is 13.2 Å². The van der Waals surface area contributed by atoms with Gasteiger partial charge in [-0.15, -0.1) is 0 Å². The summed E-state index contributed by atoms with van der Waals surface area (Å²) in [5.74, 6) is 0.225. The molecule has 0 aliphatic heterocycles. The fourth-order valence-electron chi connectivity index (χ4n) is 2.76. The highest BCUT2D eigenvalue weighted by atomic mass is 32.2. The summed E-state index contributed by atoms with van der Waals surface area (Å²) in [5.41, 5.74) is 1.06. The predicted molar refractivity (Wildman–Crippen MR) is 116 cm³/mol. The van der Waals surface area contributed by atoms with Crippen molar-refractivity contribution in [2.45, 2.75) is 46.7 Å². The van der Waals surface area contributed by atoms with E-state index in [4.69, 9.17) is 8.92 Å². The van der Waals surface area contributed by atoms with Crippen molar-refractivity contribution in [2.24, 2.45) is 0 Å². The highest BCUT2D eigenvalue weighted by Crippen LogP contribution is 2.28. The van der Waals surface area contributed by atoms with Crippen LogP contribution in [0.2, 0.25) is 0 Å². The van der Waals surface area contributed by atoms with E-state index in [1.54, 1.807) is 24.1 Å². The Balaban J connectivity index is 3.26. The van der Waals surface area contributed by atoms with Crippen LogP contribution >= 0.6 is 0 Å². The highest BCUT2D eigenvalue weighted by Gasteiger charge is 2.22. The number of rotatable bonds is 10. The van der Waals surface area contributed by atoms with Gasteiger partial charge in [-0.25, -0.2) is 4.79 Å². The van der Waals surface area contributed by atoms with Crippen LogP contribution in [0.1, 0.15) is 40.2 Å². The Labute approximate surface area is 175 Å². The number of carbonyl (C=O) groups is 1. The molecule has 0 aromatic heterocycles. The molecule has 0 heterocycles. The molecule has 0 aliphatic carbocycles. The molecule has 1 N–H and O–H groups in total. The molecular formula is C20H35N3O5S. The first-order valence-electron chi connectivity index (χ1n) is 9.73. The average Bonchev–Trinajstić information content (AvgIpc) is 2.58. The molecule has 1 rings (SSSR count). The van der Waals surface area contributed by atoms with Gasteiger partial charge in [0.15, 0.2) is 0 Å². The molecule has 0 bridgehead atoms. The van der Waals surface area contributed by atoms with E-state index < -0.39 is 15.7 Å². The van der Waals surface area contributed by atoms with Gasteiger partial charge in [-0.3, -0.25) is 0 Å². The van der Waals surface area contributed by atoms with Crippen LogP contribution < -0.4 is 14.4 Å². The summed E-state index contributed by atoms with van der Waals surface area (Å²) < 4.78 is 34.0. The number of ether oxygens (including phenoxy) is 1. The normalized spacial score (nSPS) is 11.8. The molecule has 0 unspecified atom stereocenters. The minimum Gasteiger partial charge on any atom is -0.383 e.